The lowest BCUT2D eigenvalue weighted by Crippen LogP contribution is -1.95. The summed E-state index contributed by atoms with van der Waals surface area (Å²) < 4.78 is 5.39. The molecule has 0 saturated carbocycles. The maximum absolute atomic E-state index is 5.39. The maximum Gasteiger partial charge on any atom is 0.139 e. The van der Waals surface area contributed by atoms with Crippen molar-refractivity contribution in [1.82, 2.24) is 14.9 Å². The van der Waals surface area contributed by atoms with E-state index in [1.54, 1.807) is 13.3 Å². The fourth-order valence-electron chi connectivity index (χ4n) is 1.97. The van der Waals surface area contributed by atoms with Gasteiger partial charge in [0.05, 0.1) is 13.3 Å². The van der Waals surface area contributed by atoms with Crippen molar-refractivity contribution in [2.24, 2.45) is 5.10 Å². The van der Waals surface area contributed by atoms with Crippen LogP contribution in [0.2, 0.25) is 0 Å². The van der Waals surface area contributed by atoms with Crippen molar-refractivity contribution < 1.29 is 4.74 Å². The lowest BCUT2D eigenvalue weighted by atomic mass is 10.0. The Morgan fingerprint density at radius 1 is 1.21 bits per heavy atom. The zero-order valence-corrected chi connectivity index (χ0v) is 10.4. The van der Waals surface area contributed by atoms with E-state index in [0.717, 1.165) is 22.1 Å². The summed E-state index contributed by atoms with van der Waals surface area (Å²) in [6.45, 7) is 0. The average Bonchev–Trinajstić information content (AvgIpc) is 2.97. The molecule has 19 heavy (non-hydrogen) atoms. The molecule has 0 spiro atoms. The summed E-state index contributed by atoms with van der Waals surface area (Å²) in [6, 6.07) is 12.1. The summed E-state index contributed by atoms with van der Waals surface area (Å²) in [5.74, 6) is 0.780. The minimum absolute atomic E-state index is 0.780. The van der Waals surface area contributed by atoms with Gasteiger partial charge < -0.3 is 4.74 Å². The minimum Gasteiger partial charge on any atom is -0.496 e. The van der Waals surface area contributed by atoms with Crippen molar-refractivity contribution >= 4 is 17.0 Å². The summed E-state index contributed by atoms with van der Waals surface area (Å²) in [7, 11) is 1.65. The Morgan fingerprint density at radius 2 is 2.11 bits per heavy atom. The van der Waals surface area contributed by atoms with Crippen molar-refractivity contribution in [3.05, 3.63) is 54.6 Å². The number of ether oxygens (including phenoxy) is 1. The van der Waals surface area contributed by atoms with Crippen LogP contribution >= 0.6 is 0 Å². The van der Waals surface area contributed by atoms with Crippen LogP contribution in [0.3, 0.4) is 0 Å². The fraction of sp³-hybridized carbons (Fsp3) is 0.0714. The standard InChI is InChI=1S/C14H12N4O/c1-19-14-7-6-11-4-2-3-5-12(11)13(14)8-16-18-10-15-9-17-18/h2-10H,1H3. The van der Waals surface area contributed by atoms with E-state index in [-0.39, 0.29) is 0 Å². The van der Waals surface area contributed by atoms with E-state index in [9.17, 15) is 0 Å². The van der Waals surface area contributed by atoms with Gasteiger partial charge in [0.15, 0.2) is 0 Å². The topological polar surface area (TPSA) is 52.3 Å². The number of methoxy groups -OCH3 is 1. The second-order valence-corrected chi connectivity index (χ2v) is 3.96. The van der Waals surface area contributed by atoms with Crippen LogP contribution < -0.4 is 4.74 Å². The molecule has 0 bridgehead atoms. The van der Waals surface area contributed by atoms with Gasteiger partial charge in [-0.2, -0.15) is 5.10 Å². The summed E-state index contributed by atoms with van der Waals surface area (Å²) in [5.41, 5.74) is 0.927. The highest BCUT2D eigenvalue weighted by Gasteiger charge is 2.05. The molecule has 0 atom stereocenters. The summed E-state index contributed by atoms with van der Waals surface area (Å²) in [5, 5.41) is 10.4. The molecule has 3 aromatic rings. The van der Waals surface area contributed by atoms with Crippen LogP contribution in [-0.4, -0.2) is 28.2 Å². The highest BCUT2D eigenvalue weighted by molar-refractivity contribution is 6.02. The summed E-state index contributed by atoms with van der Waals surface area (Å²) >= 11 is 0. The van der Waals surface area contributed by atoms with Crippen molar-refractivity contribution in [3.63, 3.8) is 0 Å². The number of hydrogen-bond acceptors (Lipinski definition) is 4. The van der Waals surface area contributed by atoms with Crippen LogP contribution in [0.4, 0.5) is 0 Å². The molecule has 0 radical (unpaired) electrons. The van der Waals surface area contributed by atoms with E-state index in [1.165, 1.54) is 17.4 Å². The van der Waals surface area contributed by atoms with Gasteiger partial charge >= 0.3 is 0 Å². The number of rotatable bonds is 3. The van der Waals surface area contributed by atoms with E-state index < -0.39 is 0 Å². The van der Waals surface area contributed by atoms with Crippen molar-refractivity contribution in [2.45, 2.75) is 0 Å². The summed E-state index contributed by atoms with van der Waals surface area (Å²) in [6.07, 6.45) is 4.71. The maximum atomic E-state index is 5.39. The molecule has 3 rings (SSSR count). The Hall–Kier alpha value is -2.69. The largest absolute Gasteiger partial charge is 0.496 e. The van der Waals surface area contributed by atoms with Crippen LogP contribution in [0.1, 0.15) is 5.56 Å². The van der Waals surface area contributed by atoms with Crippen molar-refractivity contribution in [3.8, 4) is 5.75 Å². The zero-order valence-electron chi connectivity index (χ0n) is 10.4. The number of nitrogens with zero attached hydrogens (tertiary/aromatic N) is 4. The zero-order chi connectivity index (χ0) is 13.1. The van der Waals surface area contributed by atoms with Crippen LogP contribution in [-0.2, 0) is 0 Å². The average molecular weight is 252 g/mol. The van der Waals surface area contributed by atoms with Gasteiger partial charge in [-0.15, -0.1) is 9.89 Å². The van der Waals surface area contributed by atoms with Crippen LogP contribution in [0.25, 0.3) is 10.8 Å². The molecule has 5 heteroatoms. The lowest BCUT2D eigenvalue weighted by molar-refractivity contribution is 0.415. The third-order valence-electron chi connectivity index (χ3n) is 2.86. The van der Waals surface area contributed by atoms with E-state index in [0.29, 0.717) is 0 Å². The first-order valence-electron chi connectivity index (χ1n) is 5.83. The number of benzene rings is 2. The first kappa shape index (κ1) is 11.4. The second kappa shape index (κ2) is 4.89. The van der Waals surface area contributed by atoms with E-state index in [2.05, 4.69) is 21.3 Å². The van der Waals surface area contributed by atoms with Gasteiger partial charge in [0.1, 0.15) is 18.4 Å². The minimum atomic E-state index is 0.780. The van der Waals surface area contributed by atoms with Crippen LogP contribution in [0.15, 0.2) is 54.2 Å². The number of hydrogen-bond donors (Lipinski definition) is 0. The van der Waals surface area contributed by atoms with Crippen LogP contribution in [0.5, 0.6) is 5.75 Å². The molecule has 0 saturated heterocycles. The molecule has 1 heterocycles. The van der Waals surface area contributed by atoms with Gasteiger partial charge in [0.2, 0.25) is 0 Å². The molecule has 0 N–H and O–H groups in total. The first-order chi connectivity index (χ1) is 9.38. The Bertz CT molecular complexity index is 719. The van der Waals surface area contributed by atoms with Gasteiger partial charge in [-0.05, 0) is 16.8 Å². The van der Waals surface area contributed by atoms with E-state index >= 15 is 0 Å². The molecule has 0 fully saturated rings. The molecule has 0 aliphatic rings. The molecule has 5 nitrogen and oxygen atoms in total. The van der Waals surface area contributed by atoms with Gasteiger partial charge in [-0.25, -0.2) is 4.98 Å². The van der Waals surface area contributed by atoms with E-state index in [1.807, 2.05) is 30.3 Å². The van der Waals surface area contributed by atoms with Crippen molar-refractivity contribution in [1.29, 1.82) is 0 Å². The third-order valence-corrected chi connectivity index (χ3v) is 2.86. The molecule has 0 amide bonds. The molecule has 2 aromatic carbocycles. The first-order valence-corrected chi connectivity index (χ1v) is 5.83. The highest BCUT2D eigenvalue weighted by atomic mass is 16.5. The Morgan fingerprint density at radius 3 is 2.89 bits per heavy atom. The molecule has 1 aromatic heterocycles. The molecule has 0 unspecified atom stereocenters. The number of aromatic nitrogens is 3. The SMILES string of the molecule is COc1ccc2ccccc2c1C=Nn1cncn1. The van der Waals surface area contributed by atoms with E-state index in [4.69, 9.17) is 4.74 Å². The highest BCUT2D eigenvalue weighted by Crippen LogP contribution is 2.26. The van der Waals surface area contributed by atoms with Gasteiger partial charge in [0.25, 0.3) is 0 Å². The molecule has 94 valence electrons. The normalized spacial score (nSPS) is 11.2. The smallest absolute Gasteiger partial charge is 0.139 e. The Kier molecular flexibility index (Phi) is 2.94. The van der Waals surface area contributed by atoms with Crippen LogP contribution in [0, 0.1) is 0 Å². The monoisotopic (exact) mass is 252 g/mol. The fourth-order valence-corrected chi connectivity index (χ4v) is 1.97. The third kappa shape index (κ3) is 2.18. The second-order valence-electron chi connectivity index (χ2n) is 3.96. The quantitative estimate of drug-likeness (QED) is 0.672. The predicted molar refractivity (Wildman–Crippen MR) is 73.5 cm³/mol. The lowest BCUT2D eigenvalue weighted by Gasteiger charge is -2.07. The summed E-state index contributed by atoms with van der Waals surface area (Å²) in [4.78, 5) is 5.25. The Balaban J connectivity index is 2.14. The van der Waals surface area contributed by atoms with Gasteiger partial charge in [0, 0.05) is 5.56 Å². The number of fused-ring (bicyclic) bond motifs is 1. The van der Waals surface area contributed by atoms with Crippen molar-refractivity contribution in [2.75, 3.05) is 7.11 Å². The molecule has 0 aliphatic heterocycles. The van der Waals surface area contributed by atoms with Gasteiger partial charge in [-0.3, -0.25) is 0 Å². The Labute approximate surface area is 110 Å². The molecule has 0 aliphatic carbocycles. The molecular weight excluding hydrogens is 240 g/mol. The predicted octanol–water partition coefficient (Wildman–Crippen LogP) is 2.32. The molecular formula is C14H12N4O. The van der Waals surface area contributed by atoms with Gasteiger partial charge in [-0.1, -0.05) is 30.3 Å².